The number of hydrogen-bond donors (Lipinski definition) is 0. The minimum atomic E-state index is -0.0193. The molecule has 0 radical (unpaired) electrons. The number of aryl methyl sites for hydroxylation is 2. The van der Waals surface area contributed by atoms with Gasteiger partial charge in [-0.25, -0.2) is 14.2 Å². The SMILES string of the molecule is Cc1ccc(=O)n(CC2CCN(c3nccn4nc(C)cc34)CC2)n1. The van der Waals surface area contributed by atoms with E-state index < -0.39 is 0 Å². The molecule has 0 spiro atoms. The van der Waals surface area contributed by atoms with Crippen LogP contribution in [0.4, 0.5) is 5.82 Å². The van der Waals surface area contributed by atoms with Crippen LogP contribution in [0.5, 0.6) is 0 Å². The van der Waals surface area contributed by atoms with Crippen LogP contribution in [-0.4, -0.2) is 37.5 Å². The molecule has 25 heavy (non-hydrogen) atoms. The monoisotopic (exact) mass is 338 g/mol. The molecule has 0 N–H and O–H groups in total. The Balaban J connectivity index is 1.47. The molecule has 3 aromatic rings. The van der Waals surface area contributed by atoms with E-state index >= 15 is 0 Å². The summed E-state index contributed by atoms with van der Waals surface area (Å²) in [7, 11) is 0. The standard InChI is InChI=1S/C18H22N6O/c1-13-3-4-17(25)24(20-13)12-15-5-8-22(9-6-15)18-16-11-14(2)21-23(16)10-7-19-18/h3-4,7,10-11,15H,5-6,8-9,12H2,1-2H3. The van der Waals surface area contributed by atoms with Gasteiger partial charge < -0.3 is 4.90 Å². The third kappa shape index (κ3) is 3.14. The van der Waals surface area contributed by atoms with Crippen molar-refractivity contribution < 1.29 is 0 Å². The topological polar surface area (TPSA) is 68.3 Å². The molecule has 0 atom stereocenters. The van der Waals surface area contributed by atoms with Crippen molar-refractivity contribution in [1.29, 1.82) is 0 Å². The number of hydrogen-bond acceptors (Lipinski definition) is 5. The molecular formula is C18H22N6O. The number of rotatable bonds is 3. The number of fused-ring (bicyclic) bond motifs is 1. The molecule has 4 rings (SSSR count). The quantitative estimate of drug-likeness (QED) is 0.729. The predicted molar refractivity (Wildman–Crippen MR) is 95.9 cm³/mol. The highest BCUT2D eigenvalue weighted by Gasteiger charge is 2.23. The Morgan fingerprint density at radius 2 is 1.92 bits per heavy atom. The molecule has 0 aliphatic carbocycles. The van der Waals surface area contributed by atoms with Crippen molar-refractivity contribution in [3.05, 3.63) is 52.3 Å². The third-order valence-corrected chi connectivity index (χ3v) is 4.84. The third-order valence-electron chi connectivity index (χ3n) is 4.84. The van der Waals surface area contributed by atoms with Gasteiger partial charge in [0, 0.05) is 38.1 Å². The second-order valence-corrected chi connectivity index (χ2v) is 6.79. The summed E-state index contributed by atoms with van der Waals surface area (Å²) in [5, 5.41) is 8.82. The van der Waals surface area contributed by atoms with Crippen LogP contribution >= 0.6 is 0 Å². The summed E-state index contributed by atoms with van der Waals surface area (Å²) in [5.41, 5.74) is 2.90. The minimum absolute atomic E-state index is 0.0193. The lowest BCUT2D eigenvalue weighted by molar-refractivity contribution is 0.333. The predicted octanol–water partition coefficient (Wildman–Crippen LogP) is 1.82. The highest BCUT2D eigenvalue weighted by atomic mass is 16.1. The summed E-state index contributed by atoms with van der Waals surface area (Å²) in [4.78, 5) is 18.8. The van der Waals surface area contributed by atoms with Crippen molar-refractivity contribution in [3.8, 4) is 0 Å². The van der Waals surface area contributed by atoms with Crippen molar-refractivity contribution in [3.63, 3.8) is 0 Å². The highest BCUT2D eigenvalue weighted by molar-refractivity contribution is 5.69. The molecule has 3 aromatic heterocycles. The van der Waals surface area contributed by atoms with Gasteiger partial charge in [-0.05, 0) is 44.7 Å². The van der Waals surface area contributed by atoms with E-state index in [1.54, 1.807) is 23.0 Å². The lowest BCUT2D eigenvalue weighted by atomic mass is 9.97. The first-order valence-corrected chi connectivity index (χ1v) is 8.71. The Morgan fingerprint density at radius 1 is 1.12 bits per heavy atom. The average Bonchev–Trinajstić information content (AvgIpc) is 2.99. The van der Waals surface area contributed by atoms with E-state index in [-0.39, 0.29) is 5.56 Å². The van der Waals surface area contributed by atoms with E-state index in [0.29, 0.717) is 12.5 Å². The fraction of sp³-hybridized carbons (Fsp3) is 0.444. The van der Waals surface area contributed by atoms with Gasteiger partial charge in [-0.2, -0.15) is 10.2 Å². The van der Waals surface area contributed by atoms with Gasteiger partial charge in [0.25, 0.3) is 5.56 Å². The van der Waals surface area contributed by atoms with Gasteiger partial charge in [0.1, 0.15) is 5.52 Å². The fourth-order valence-corrected chi connectivity index (χ4v) is 3.53. The van der Waals surface area contributed by atoms with Crippen molar-refractivity contribution in [2.45, 2.75) is 33.2 Å². The Hall–Kier alpha value is -2.70. The van der Waals surface area contributed by atoms with Gasteiger partial charge in [0.15, 0.2) is 5.82 Å². The van der Waals surface area contributed by atoms with Crippen LogP contribution in [0.25, 0.3) is 5.52 Å². The van der Waals surface area contributed by atoms with Gasteiger partial charge in [-0.15, -0.1) is 0 Å². The first-order chi connectivity index (χ1) is 12.1. The summed E-state index contributed by atoms with van der Waals surface area (Å²) in [6.07, 6.45) is 5.74. The van der Waals surface area contributed by atoms with Crippen LogP contribution in [0, 0.1) is 19.8 Å². The molecule has 1 aliphatic heterocycles. The zero-order valence-electron chi connectivity index (χ0n) is 14.6. The largest absolute Gasteiger partial charge is 0.355 e. The van der Waals surface area contributed by atoms with Crippen LogP contribution in [0.1, 0.15) is 24.2 Å². The number of anilines is 1. The maximum Gasteiger partial charge on any atom is 0.266 e. The van der Waals surface area contributed by atoms with E-state index in [0.717, 1.165) is 48.7 Å². The zero-order chi connectivity index (χ0) is 17.4. The lowest BCUT2D eigenvalue weighted by Crippen LogP contribution is -2.37. The molecule has 0 bridgehead atoms. The van der Waals surface area contributed by atoms with Crippen molar-refractivity contribution in [2.75, 3.05) is 18.0 Å². The minimum Gasteiger partial charge on any atom is -0.355 e. The number of piperidine rings is 1. The Kier molecular flexibility index (Phi) is 3.99. The lowest BCUT2D eigenvalue weighted by Gasteiger charge is -2.33. The molecule has 1 fully saturated rings. The van der Waals surface area contributed by atoms with Crippen molar-refractivity contribution in [1.82, 2.24) is 24.4 Å². The van der Waals surface area contributed by atoms with Crippen LogP contribution in [0.15, 0.2) is 35.4 Å². The van der Waals surface area contributed by atoms with Gasteiger partial charge in [0.2, 0.25) is 0 Å². The molecule has 130 valence electrons. The maximum absolute atomic E-state index is 12.0. The van der Waals surface area contributed by atoms with Crippen LogP contribution < -0.4 is 10.5 Å². The van der Waals surface area contributed by atoms with Gasteiger partial charge >= 0.3 is 0 Å². The molecule has 1 saturated heterocycles. The summed E-state index contributed by atoms with van der Waals surface area (Å²) < 4.78 is 3.49. The average molecular weight is 338 g/mol. The fourth-order valence-electron chi connectivity index (χ4n) is 3.53. The van der Waals surface area contributed by atoms with E-state index in [1.165, 1.54) is 0 Å². The van der Waals surface area contributed by atoms with Gasteiger partial charge in [0.05, 0.1) is 11.4 Å². The normalized spacial score (nSPS) is 15.8. The Bertz CT molecular complexity index is 952. The Labute approximate surface area is 145 Å². The molecule has 1 aliphatic rings. The van der Waals surface area contributed by atoms with Crippen molar-refractivity contribution in [2.24, 2.45) is 5.92 Å². The summed E-state index contributed by atoms with van der Waals surface area (Å²) in [5.74, 6) is 1.46. The van der Waals surface area contributed by atoms with E-state index in [2.05, 4.69) is 26.1 Å². The Morgan fingerprint density at radius 3 is 2.72 bits per heavy atom. The summed E-state index contributed by atoms with van der Waals surface area (Å²) >= 11 is 0. The van der Waals surface area contributed by atoms with Crippen molar-refractivity contribution >= 4 is 11.3 Å². The molecule has 0 aromatic carbocycles. The second kappa shape index (κ2) is 6.31. The molecule has 4 heterocycles. The first-order valence-electron chi connectivity index (χ1n) is 8.71. The molecule has 7 heteroatoms. The molecule has 7 nitrogen and oxygen atoms in total. The van der Waals surface area contributed by atoms with E-state index in [9.17, 15) is 4.79 Å². The molecular weight excluding hydrogens is 316 g/mol. The number of aromatic nitrogens is 5. The van der Waals surface area contributed by atoms with Crippen LogP contribution in [0.3, 0.4) is 0 Å². The number of nitrogens with zero attached hydrogens (tertiary/aromatic N) is 6. The van der Waals surface area contributed by atoms with Crippen LogP contribution in [-0.2, 0) is 6.54 Å². The molecule has 0 amide bonds. The zero-order valence-corrected chi connectivity index (χ0v) is 14.6. The summed E-state index contributed by atoms with van der Waals surface area (Å²) in [6.45, 7) is 6.47. The highest BCUT2D eigenvalue weighted by Crippen LogP contribution is 2.26. The van der Waals surface area contributed by atoms with Gasteiger partial charge in [-0.3, -0.25) is 4.79 Å². The van der Waals surface area contributed by atoms with E-state index in [1.807, 2.05) is 24.6 Å². The first kappa shape index (κ1) is 15.8. The van der Waals surface area contributed by atoms with Crippen LogP contribution in [0.2, 0.25) is 0 Å². The second-order valence-electron chi connectivity index (χ2n) is 6.79. The maximum atomic E-state index is 12.0. The molecule has 0 unspecified atom stereocenters. The van der Waals surface area contributed by atoms with E-state index in [4.69, 9.17) is 0 Å². The smallest absolute Gasteiger partial charge is 0.266 e. The van der Waals surface area contributed by atoms with Gasteiger partial charge in [-0.1, -0.05) is 0 Å². The summed E-state index contributed by atoms with van der Waals surface area (Å²) in [6, 6.07) is 5.44. The molecule has 0 saturated carbocycles.